The molecule has 0 saturated carbocycles. The lowest BCUT2D eigenvalue weighted by Gasteiger charge is -2.46. The van der Waals surface area contributed by atoms with Crippen molar-refractivity contribution in [1.29, 1.82) is 0 Å². The Labute approximate surface area is 230 Å². The number of nitrogens with two attached hydrogens (primary N) is 1. The van der Waals surface area contributed by atoms with Gasteiger partial charge in [-0.1, -0.05) is 0 Å². The zero-order valence-corrected chi connectivity index (χ0v) is 22.1. The summed E-state index contributed by atoms with van der Waals surface area (Å²) in [6, 6.07) is -0.362. The maximum Gasteiger partial charge on any atom is 0.475 e. The van der Waals surface area contributed by atoms with Gasteiger partial charge in [0.2, 0.25) is 5.91 Å². The molecular weight excluding hydrogens is 583 g/mol. The topological polar surface area (TPSA) is 323 Å². The van der Waals surface area contributed by atoms with E-state index in [0.29, 0.717) is 0 Å². The number of aromatic nitrogens is 2. The Morgan fingerprint density at radius 2 is 1.98 bits per heavy atom. The number of nitrogens with one attached hydrogen (secondary N) is 1. The number of carbonyl (C=O) groups excluding carboxylic acids is 1. The van der Waals surface area contributed by atoms with Crippen LogP contribution in [0.3, 0.4) is 0 Å². The fourth-order valence-electron chi connectivity index (χ4n) is 4.32. The molecule has 20 nitrogen and oxygen atoms in total. The molecule has 1 aromatic rings. The molecule has 2 aliphatic rings. The van der Waals surface area contributed by atoms with E-state index in [1.807, 2.05) is 0 Å². The van der Waals surface area contributed by atoms with E-state index in [9.17, 15) is 59.6 Å². The number of hydrogen-bond donors (Lipinski definition) is 10. The van der Waals surface area contributed by atoms with Crippen molar-refractivity contribution in [3.8, 4) is 0 Å². The summed E-state index contributed by atoms with van der Waals surface area (Å²) in [5, 5.41) is 72.7. The van der Waals surface area contributed by atoms with Crippen molar-refractivity contribution in [1.82, 2.24) is 14.9 Å². The third kappa shape index (κ3) is 7.25. The molecule has 0 bridgehead atoms. The summed E-state index contributed by atoms with van der Waals surface area (Å²) < 4.78 is 33.7. The first-order valence-corrected chi connectivity index (χ1v) is 13.4. The smallest absolute Gasteiger partial charge is 0.475 e. The summed E-state index contributed by atoms with van der Waals surface area (Å²) in [7, 11) is -5.52. The van der Waals surface area contributed by atoms with Gasteiger partial charge in [0, 0.05) is 19.5 Å². The van der Waals surface area contributed by atoms with Crippen LogP contribution in [0, 0.1) is 0 Å². The molecule has 2 aliphatic heterocycles. The van der Waals surface area contributed by atoms with Crippen LogP contribution < -0.4 is 16.7 Å². The van der Waals surface area contributed by atoms with Crippen LogP contribution in [-0.4, -0.2) is 130 Å². The number of rotatable bonds is 11. The van der Waals surface area contributed by atoms with Crippen LogP contribution in [0.25, 0.3) is 0 Å². The molecule has 11 N–H and O–H groups in total. The number of hydrogen-bond acceptors (Lipinski definition) is 16. The number of ether oxygens (including phenoxy) is 2. The van der Waals surface area contributed by atoms with Crippen molar-refractivity contribution < 1.29 is 73.3 Å². The lowest BCUT2D eigenvalue weighted by Crippen LogP contribution is -2.67. The Hall–Kier alpha value is -2.59. The maximum atomic E-state index is 12.8. The van der Waals surface area contributed by atoms with Gasteiger partial charge in [-0.05, 0) is 6.07 Å². The van der Waals surface area contributed by atoms with Crippen molar-refractivity contribution >= 4 is 25.5 Å². The Balaban J connectivity index is 1.79. The van der Waals surface area contributed by atoms with Gasteiger partial charge in [-0.2, -0.15) is 4.98 Å². The molecule has 0 radical (unpaired) electrons. The number of carbonyl (C=O) groups is 2. The van der Waals surface area contributed by atoms with Gasteiger partial charge in [-0.15, -0.1) is 0 Å². The lowest BCUT2D eigenvalue weighted by atomic mass is 9.88. The summed E-state index contributed by atoms with van der Waals surface area (Å²) in [5.41, 5.74) is 4.46. The van der Waals surface area contributed by atoms with Crippen LogP contribution in [0.1, 0.15) is 19.6 Å². The fraction of sp³-hybridized carbons (Fsp3) is 0.700. The molecule has 3 rings (SSSR count). The highest BCUT2D eigenvalue weighted by atomic mass is 31.2. The zero-order chi connectivity index (χ0) is 30.9. The van der Waals surface area contributed by atoms with Crippen LogP contribution in [0.4, 0.5) is 5.82 Å². The van der Waals surface area contributed by atoms with E-state index in [1.165, 1.54) is 6.07 Å². The van der Waals surface area contributed by atoms with Gasteiger partial charge in [-0.25, -0.2) is 18.7 Å². The Morgan fingerprint density at radius 1 is 1.32 bits per heavy atom. The molecule has 0 aromatic carbocycles. The zero-order valence-electron chi connectivity index (χ0n) is 21.2. The molecule has 11 atom stereocenters. The van der Waals surface area contributed by atoms with Crippen LogP contribution in [0.15, 0.2) is 17.1 Å². The van der Waals surface area contributed by atoms with Gasteiger partial charge in [-0.3, -0.25) is 13.9 Å². The fourth-order valence-corrected chi connectivity index (χ4v) is 5.27. The summed E-state index contributed by atoms with van der Waals surface area (Å²) >= 11 is 0. The second-order valence-electron chi connectivity index (χ2n) is 9.32. The quantitative estimate of drug-likeness (QED) is 0.104. The predicted molar refractivity (Wildman–Crippen MR) is 128 cm³/mol. The summed E-state index contributed by atoms with van der Waals surface area (Å²) in [4.78, 5) is 49.6. The highest BCUT2D eigenvalue weighted by molar-refractivity contribution is 7.47. The first kappa shape index (κ1) is 32.9. The SMILES string of the molecule is CC(=O)N[C@H]1C([C@H](O)[C@H](O)CO)O[C@](OP(=O)(O)OC[C@H]2OC(n3ccc(N)nc3=O)[C@@H](O)[C@H]2O)(C(=O)O)C[C@@H]1O. The molecular formula is C20H31N4O16P. The van der Waals surface area contributed by atoms with Gasteiger partial charge >= 0.3 is 19.5 Å². The highest BCUT2D eigenvalue weighted by Crippen LogP contribution is 2.51. The number of phosphoric acid groups is 1. The van der Waals surface area contributed by atoms with E-state index >= 15 is 0 Å². The predicted octanol–water partition coefficient (Wildman–Crippen LogP) is -5.27. The van der Waals surface area contributed by atoms with Gasteiger partial charge in [0.05, 0.1) is 25.4 Å². The van der Waals surface area contributed by atoms with E-state index in [4.69, 9.17) is 24.3 Å². The minimum atomic E-state index is -5.52. The standard InChI is InChI=1S/C20H31N4O16P/c1-7(26)22-12-8(27)4-20(18(32)33,39-16(12)13(29)9(28)5-25)40-41(35,36)37-6-10-14(30)15(31)17(38-10)24-3-2-11(21)23-19(24)34/h2-3,8-10,12-17,25,27-31H,4-6H2,1H3,(H,22,26)(H,32,33)(H,35,36)(H2,21,23,34)/t8-,9+,10+,12+,13+,14-,15-,16?,17?,20+/m0/s1. The highest BCUT2D eigenvalue weighted by Gasteiger charge is 2.59. The number of carboxylic acids is 1. The van der Waals surface area contributed by atoms with Crippen molar-refractivity contribution in [3.05, 3.63) is 22.7 Å². The number of aliphatic carboxylic acids is 1. The summed E-state index contributed by atoms with van der Waals surface area (Å²) in [6.45, 7) is -1.05. The van der Waals surface area contributed by atoms with Crippen molar-refractivity contribution in [3.63, 3.8) is 0 Å². The molecule has 0 aliphatic carbocycles. The summed E-state index contributed by atoms with van der Waals surface area (Å²) in [6.07, 6.45) is -14.6. The van der Waals surface area contributed by atoms with Gasteiger partial charge in [0.1, 0.15) is 42.4 Å². The molecule has 232 valence electrons. The normalized spacial score (nSPS) is 34.9. The van der Waals surface area contributed by atoms with Crippen molar-refractivity contribution in [2.45, 2.75) is 74.1 Å². The van der Waals surface area contributed by atoms with Gasteiger partial charge in [0.15, 0.2) is 6.23 Å². The molecule has 2 saturated heterocycles. The monoisotopic (exact) mass is 614 g/mol. The maximum absolute atomic E-state index is 12.8. The minimum Gasteiger partial charge on any atom is -0.477 e. The number of nitrogens with zero attached hydrogens (tertiary/aromatic N) is 2. The van der Waals surface area contributed by atoms with Gasteiger partial charge in [0.25, 0.3) is 5.79 Å². The average Bonchev–Trinajstić information content (AvgIpc) is 3.16. The summed E-state index contributed by atoms with van der Waals surface area (Å²) in [5.74, 6) is -6.20. The molecule has 3 unspecified atom stereocenters. The number of carboxylic acid groups (broad SMARTS) is 1. The van der Waals surface area contributed by atoms with Crippen molar-refractivity contribution in [2.24, 2.45) is 0 Å². The molecule has 0 spiro atoms. The molecule has 1 aromatic heterocycles. The average molecular weight is 614 g/mol. The van der Waals surface area contributed by atoms with Crippen LogP contribution in [0.2, 0.25) is 0 Å². The molecule has 41 heavy (non-hydrogen) atoms. The third-order valence-corrected chi connectivity index (χ3v) is 7.32. The van der Waals surface area contributed by atoms with E-state index < -0.39 is 106 Å². The second kappa shape index (κ2) is 12.7. The lowest BCUT2D eigenvalue weighted by molar-refractivity contribution is -0.289. The molecule has 2 fully saturated rings. The largest absolute Gasteiger partial charge is 0.477 e. The van der Waals surface area contributed by atoms with E-state index in [2.05, 4.69) is 10.3 Å². The molecule has 21 heteroatoms. The van der Waals surface area contributed by atoms with Gasteiger partial charge < -0.3 is 61.2 Å². The Bertz CT molecular complexity index is 1220. The Kier molecular flexibility index (Phi) is 10.2. The third-order valence-electron chi connectivity index (χ3n) is 6.31. The van der Waals surface area contributed by atoms with E-state index in [-0.39, 0.29) is 5.82 Å². The van der Waals surface area contributed by atoms with Crippen LogP contribution >= 0.6 is 7.82 Å². The van der Waals surface area contributed by atoms with E-state index in [0.717, 1.165) is 17.7 Å². The number of nitrogen functional groups attached to an aromatic ring is 1. The number of anilines is 1. The van der Waals surface area contributed by atoms with Crippen LogP contribution in [0.5, 0.6) is 0 Å². The van der Waals surface area contributed by atoms with E-state index in [1.54, 1.807) is 0 Å². The van der Waals surface area contributed by atoms with Crippen molar-refractivity contribution in [2.75, 3.05) is 18.9 Å². The minimum absolute atomic E-state index is 0.135. The van der Waals surface area contributed by atoms with Crippen LogP contribution in [-0.2, 0) is 32.7 Å². The first-order chi connectivity index (χ1) is 19.0. The number of aliphatic hydroxyl groups is 6. The number of aliphatic hydroxyl groups excluding tert-OH is 6. The molecule has 3 heterocycles. The number of amides is 1. The number of phosphoric ester groups is 1. The molecule has 1 amide bonds. The Morgan fingerprint density at radius 3 is 2.54 bits per heavy atom. The second-order valence-corrected chi connectivity index (χ2v) is 10.7. The first-order valence-electron chi connectivity index (χ1n) is 11.9.